The highest BCUT2D eigenvalue weighted by Gasteiger charge is 2.15. The number of carbonyl (C=O) groups is 2. The van der Waals surface area contributed by atoms with Gasteiger partial charge in [-0.1, -0.05) is 37.3 Å². The van der Waals surface area contributed by atoms with Crippen LogP contribution in [0.25, 0.3) is 0 Å². The number of carboxylic acid groups (broad SMARTS) is 1. The number of benzene rings is 2. The Bertz CT molecular complexity index is 760. The van der Waals surface area contributed by atoms with Crippen LogP contribution in [0.3, 0.4) is 0 Å². The average molecular weight is 371 g/mol. The Balaban J connectivity index is 2.06. The van der Waals surface area contributed by atoms with Crippen molar-refractivity contribution in [1.29, 1.82) is 0 Å². The third kappa shape index (κ3) is 6.02. The predicted octanol–water partition coefficient (Wildman–Crippen LogP) is 3.47. The first kappa shape index (κ1) is 20.3. The highest BCUT2D eigenvalue weighted by atomic mass is 16.5. The topological polar surface area (TPSA) is 84.9 Å². The first-order valence-electron chi connectivity index (χ1n) is 8.99. The van der Waals surface area contributed by atoms with E-state index in [9.17, 15) is 9.59 Å². The Morgan fingerprint density at radius 2 is 1.78 bits per heavy atom. The maximum absolute atomic E-state index is 12.5. The smallest absolute Gasteiger partial charge is 0.341 e. The van der Waals surface area contributed by atoms with Gasteiger partial charge in [0.2, 0.25) is 0 Å². The number of carbonyl (C=O) groups excluding carboxylic acids is 1. The van der Waals surface area contributed by atoms with Gasteiger partial charge >= 0.3 is 5.97 Å². The van der Waals surface area contributed by atoms with Gasteiger partial charge in [0, 0.05) is 18.0 Å². The zero-order valence-electron chi connectivity index (χ0n) is 15.6. The molecule has 144 valence electrons. The monoisotopic (exact) mass is 371 g/mol. The zero-order chi connectivity index (χ0) is 19.6. The van der Waals surface area contributed by atoms with Crippen LogP contribution in [0.5, 0.6) is 11.5 Å². The number of aliphatic carboxylic acids is 1. The third-order valence-corrected chi connectivity index (χ3v) is 4.13. The SMILES string of the molecule is CCOc1cc(C(=O)NCC(CC)c2ccccc2)ccc1OCC(=O)O. The molecule has 0 fully saturated rings. The molecule has 0 aliphatic heterocycles. The average Bonchev–Trinajstić information content (AvgIpc) is 2.68. The second kappa shape index (κ2) is 10.2. The Hall–Kier alpha value is -3.02. The van der Waals surface area contributed by atoms with Crippen LogP contribution in [0.2, 0.25) is 0 Å². The van der Waals surface area contributed by atoms with Crippen LogP contribution in [-0.2, 0) is 4.79 Å². The summed E-state index contributed by atoms with van der Waals surface area (Å²) in [5.41, 5.74) is 1.62. The fourth-order valence-corrected chi connectivity index (χ4v) is 2.72. The van der Waals surface area contributed by atoms with Crippen molar-refractivity contribution in [1.82, 2.24) is 5.32 Å². The first-order chi connectivity index (χ1) is 13.0. The molecule has 0 saturated heterocycles. The number of ether oxygens (including phenoxy) is 2. The van der Waals surface area contributed by atoms with Gasteiger partial charge < -0.3 is 19.9 Å². The molecule has 2 rings (SSSR count). The molecule has 27 heavy (non-hydrogen) atoms. The minimum absolute atomic E-state index is 0.213. The van der Waals surface area contributed by atoms with E-state index in [4.69, 9.17) is 14.6 Å². The highest BCUT2D eigenvalue weighted by molar-refractivity contribution is 5.94. The van der Waals surface area contributed by atoms with E-state index in [-0.39, 0.29) is 11.8 Å². The largest absolute Gasteiger partial charge is 0.490 e. The van der Waals surface area contributed by atoms with Crippen molar-refractivity contribution >= 4 is 11.9 Å². The molecule has 2 N–H and O–H groups in total. The number of rotatable bonds is 10. The van der Waals surface area contributed by atoms with Crippen LogP contribution in [0, 0.1) is 0 Å². The molecule has 0 aromatic heterocycles. The molecule has 2 aromatic carbocycles. The van der Waals surface area contributed by atoms with Crippen LogP contribution in [0.4, 0.5) is 0 Å². The van der Waals surface area contributed by atoms with Crippen molar-refractivity contribution in [2.45, 2.75) is 26.2 Å². The van der Waals surface area contributed by atoms with Crippen molar-refractivity contribution in [3.05, 3.63) is 59.7 Å². The highest BCUT2D eigenvalue weighted by Crippen LogP contribution is 2.28. The summed E-state index contributed by atoms with van der Waals surface area (Å²) in [6.07, 6.45) is 0.913. The summed E-state index contributed by atoms with van der Waals surface area (Å²) >= 11 is 0. The Morgan fingerprint density at radius 3 is 2.41 bits per heavy atom. The lowest BCUT2D eigenvalue weighted by Crippen LogP contribution is -2.28. The summed E-state index contributed by atoms with van der Waals surface area (Å²) < 4.78 is 10.7. The molecule has 1 unspecified atom stereocenters. The Kier molecular flexibility index (Phi) is 7.67. The van der Waals surface area contributed by atoms with Crippen LogP contribution in [-0.4, -0.2) is 36.7 Å². The molecular weight excluding hydrogens is 346 g/mol. The predicted molar refractivity (Wildman–Crippen MR) is 103 cm³/mol. The van der Waals surface area contributed by atoms with E-state index < -0.39 is 12.6 Å². The summed E-state index contributed by atoms with van der Waals surface area (Å²) in [7, 11) is 0. The maximum atomic E-state index is 12.5. The lowest BCUT2D eigenvalue weighted by Gasteiger charge is -2.17. The minimum atomic E-state index is -1.08. The molecule has 1 amide bonds. The molecule has 6 nitrogen and oxygen atoms in total. The van der Waals surface area contributed by atoms with Gasteiger partial charge in [-0.05, 0) is 37.1 Å². The minimum Gasteiger partial charge on any atom is -0.490 e. The number of hydrogen-bond donors (Lipinski definition) is 2. The summed E-state index contributed by atoms with van der Waals surface area (Å²) in [6.45, 7) is 4.33. The quantitative estimate of drug-likeness (QED) is 0.668. The summed E-state index contributed by atoms with van der Waals surface area (Å²) in [5, 5.41) is 11.7. The fourth-order valence-electron chi connectivity index (χ4n) is 2.72. The molecule has 0 saturated carbocycles. The Labute approximate surface area is 159 Å². The lowest BCUT2D eigenvalue weighted by molar-refractivity contribution is -0.139. The van der Waals surface area contributed by atoms with E-state index >= 15 is 0 Å². The van der Waals surface area contributed by atoms with Gasteiger partial charge in [-0.25, -0.2) is 4.79 Å². The van der Waals surface area contributed by atoms with Crippen LogP contribution >= 0.6 is 0 Å². The molecular formula is C21H25NO5. The molecule has 0 aliphatic rings. The van der Waals surface area contributed by atoms with Crippen LogP contribution in [0.1, 0.15) is 42.1 Å². The second-order valence-electron chi connectivity index (χ2n) is 6.00. The van der Waals surface area contributed by atoms with Gasteiger partial charge in [-0.3, -0.25) is 4.79 Å². The zero-order valence-corrected chi connectivity index (χ0v) is 15.6. The molecule has 2 aromatic rings. The van der Waals surface area contributed by atoms with Gasteiger partial charge in [0.1, 0.15) is 0 Å². The van der Waals surface area contributed by atoms with Gasteiger partial charge in [0.15, 0.2) is 18.1 Å². The second-order valence-corrected chi connectivity index (χ2v) is 6.00. The summed E-state index contributed by atoms with van der Waals surface area (Å²) in [4.78, 5) is 23.2. The van der Waals surface area contributed by atoms with Crippen molar-refractivity contribution in [2.24, 2.45) is 0 Å². The maximum Gasteiger partial charge on any atom is 0.341 e. The number of hydrogen-bond acceptors (Lipinski definition) is 4. The van der Waals surface area contributed by atoms with Gasteiger partial charge in [-0.15, -0.1) is 0 Å². The number of nitrogens with one attached hydrogen (secondary N) is 1. The lowest BCUT2D eigenvalue weighted by atomic mass is 9.96. The normalized spacial score (nSPS) is 11.5. The third-order valence-electron chi connectivity index (χ3n) is 4.13. The number of amides is 1. The van der Waals surface area contributed by atoms with Crippen LogP contribution in [0.15, 0.2) is 48.5 Å². The molecule has 6 heteroatoms. The van der Waals surface area contributed by atoms with E-state index in [1.807, 2.05) is 18.2 Å². The Morgan fingerprint density at radius 1 is 1.04 bits per heavy atom. The standard InChI is InChI=1S/C21H25NO5/c1-3-15(16-8-6-5-7-9-16)13-22-21(25)17-10-11-18(27-14-20(23)24)19(12-17)26-4-2/h5-12,15H,3-4,13-14H2,1-2H3,(H,22,25)(H,23,24). The molecule has 0 heterocycles. The van der Waals surface area contributed by atoms with Crippen molar-refractivity contribution in [2.75, 3.05) is 19.8 Å². The van der Waals surface area contributed by atoms with Gasteiger partial charge in [-0.2, -0.15) is 0 Å². The van der Waals surface area contributed by atoms with Crippen molar-refractivity contribution in [3.63, 3.8) is 0 Å². The molecule has 0 aliphatic carbocycles. The van der Waals surface area contributed by atoms with Gasteiger partial charge in [0.25, 0.3) is 5.91 Å². The molecule has 1 atom stereocenters. The fraction of sp³-hybridized carbons (Fsp3) is 0.333. The van der Waals surface area contributed by atoms with Crippen molar-refractivity contribution in [3.8, 4) is 11.5 Å². The van der Waals surface area contributed by atoms with Crippen LogP contribution < -0.4 is 14.8 Å². The number of carboxylic acids is 1. The van der Waals surface area contributed by atoms with E-state index in [1.165, 1.54) is 5.56 Å². The van der Waals surface area contributed by atoms with E-state index in [1.54, 1.807) is 25.1 Å². The first-order valence-corrected chi connectivity index (χ1v) is 8.99. The summed E-state index contributed by atoms with van der Waals surface area (Å²) in [5.74, 6) is -0.409. The van der Waals surface area contributed by atoms with E-state index in [0.717, 1.165) is 6.42 Å². The molecule has 0 spiro atoms. The molecule has 0 bridgehead atoms. The molecule has 0 radical (unpaired) electrons. The summed E-state index contributed by atoms with van der Waals surface area (Å²) in [6, 6.07) is 14.8. The van der Waals surface area contributed by atoms with Crippen molar-refractivity contribution < 1.29 is 24.2 Å². The van der Waals surface area contributed by atoms with E-state index in [2.05, 4.69) is 24.4 Å². The van der Waals surface area contributed by atoms with E-state index in [0.29, 0.717) is 30.2 Å². The van der Waals surface area contributed by atoms with Gasteiger partial charge in [0.05, 0.1) is 6.61 Å².